The summed E-state index contributed by atoms with van der Waals surface area (Å²) in [7, 11) is 1.53. The molecular weight excluding hydrogens is 232 g/mol. The van der Waals surface area contributed by atoms with Crippen molar-refractivity contribution in [2.24, 2.45) is 5.92 Å². The van der Waals surface area contributed by atoms with Gasteiger partial charge in [0.25, 0.3) is 5.91 Å². The first-order chi connectivity index (χ1) is 8.49. The molecule has 1 aromatic rings. The number of methoxy groups -OCH3 is 1. The number of nitrogen functional groups attached to an aromatic ring is 1. The Kier molecular flexibility index (Phi) is 4.97. The zero-order chi connectivity index (χ0) is 13.7. The summed E-state index contributed by atoms with van der Waals surface area (Å²) in [4.78, 5) is 12.0. The highest BCUT2D eigenvalue weighted by Crippen LogP contribution is 2.19. The van der Waals surface area contributed by atoms with Crippen molar-refractivity contribution in [1.29, 1.82) is 0 Å². The molecule has 1 atom stereocenters. The fourth-order valence-electron chi connectivity index (χ4n) is 1.53. The van der Waals surface area contributed by atoms with Crippen LogP contribution >= 0.6 is 0 Å². The van der Waals surface area contributed by atoms with Gasteiger partial charge < -0.3 is 20.9 Å². The molecule has 1 unspecified atom stereocenters. The van der Waals surface area contributed by atoms with Crippen molar-refractivity contribution in [2.45, 2.75) is 19.9 Å². The Morgan fingerprint density at radius 2 is 2.17 bits per heavy atom. The van der Waals surface area contributed by atoms with Crippen LogP contribution < -0.4 is 15.8 Å². The second kappa shape index (κ2) is 6.26. The number of rotatable bonds is 5. The van der Waals surface area contributed by atoms with E-state index in [1.165, 1.54) is 7.11 Å². The summed E-state index contributed by atoms with van der Waals surface area (Å²) in [6.07, 6.45) is 0. The largest absolute Gasteiger partial charge is 0.497 e. The number of benzene rings is 1. The normalized spacial score (nSPS) is 12.3. The van der Waals surface area contributed by atoms with Crippen LogP contribution in [0.2, 0.25) is 0 Å². The fraction of sp³-hybridized carbons (Fsp3) is 0.462. The van der Waals surface area contributed by atoms with E-state index in [0.717, 1.165) is 0 Å². The maximum atomic E-state index is 12.0. The molecule has 0 saturated carbocycles. The number of ether oxygens (including phenoxy) is 1. The van der Waals surface area contributed by atoms with Crippen molar-refractivity contribution in [2.75, 3.05) is 19.5 Å². The van der Waals surface area contributed by atoms with Gasteiger partial charge in [-0.05, 0) is 24.1 Å². The predicted octanol–water partition coefficient (Wildman–Crippen LogP) is 1.02. The third kappa shape index (κ3) is 3.37. The first-order valence-electron chi connectivity index (χ1n) is 5.84. The molecule has 0 fully saturated rings. The minimum atomic E-state index is -0.306. The number of carbonyl (C=O) groups is 1. The lowest BCUT2D eigenvalue weighted by Crippen LogP contribution is -2.41. The van der Waals surface area contributed by atoms with Crippen LogP contribution in [0.1, 0.15) is 24.2 Å². The number of anilines is 1. The summed E-state index contributed by atoms with van der Waals surface area (Å²) >= 11 is 0. The maximum absolute atomic E-state index is 12.0. The summed E-state index contributed by atoms with van der Waals surface area (Å²) in [5.41, 5.74) is 6.50. The molecule has 0 bridgehead atoms. The van der Waals surface area contributed by atoms with Crippen LogP contribution in [0.15, 0.2) is 18.2 Å². The van der Waals surface area contributed by atoms with E-state index in [1.54, 1.807) is 18.2 Å². The van der Waals surface area contributed by atoms with E-state index in [1.807, 2.05) is 13.8 Å². The summed E-state index contributed by atoms with van der Waals surface area (Å²) in [5.74, 6) is 0.407. The molecule has 5 heteroatoms. The van der Waals surface area contributed by atoms with Gasteiger partial charge in [0.15, 0.2) is 0 Å². The second-order valence-electron chi connectivity index (χ2n) is 4.46. The topological polar surface area (TPSA) is 84.6 Å². The van der Waals surface area contributed by atoms with E-state index in [9.17, 15) is 9.90 Å². The van der Waals surface area contributed by atoms with Crippen LogP contribution in [0.4, 0.5) is 5.69 Å². The summed E-state index contributed by atoms with van der Waals surface area (Å²) in [6.45, 7) is 3.75. The van der Waals surface area contributed by atoms with Gasteiger partial charge in [0.2, 0.25) is 0 Å². The Labute approximate surface area is 107 Å². The van der Waals surface area contributed by atoms with Crippen molar-refractivity contribution in [3.05, 3.63) is 23.8 Å². The number of hydrogen-bond acceptors (Lipinski definition) is 4. The van der Waals surface area contributed by atoms with Gasteiger partial charge in [-0.3, -0.25) is 4.79 Å². The average Bonchev–Trinajstić information content (AvgIpc) is 2.35. The highest BCUT2D eigenvalue weighted by molar-refractivity contribution is 5.99. The lowest BCUT2D eigenvalue weighted by Gasteiger charge is -2.20. The zero-order valence-electron chi connectivity index (χ0n) is 10.9. The summed E-state index contributed by atoms with van der Waals surface area (Å²) in [5, 5.41) is 11.9. The molecule has 0 spiro atoms. The first-order valence-corrected chi connectivity index (χ1v) is 5.84. The fourth-order valence-corrected chi connectivity index (χ4v) is 1.53. The van der Waals surface area contributed by atoms with Crippen LogP contribution in [0.25, 0.3) is 0 Å². The lowest BCUT2D eigenvalue weighted by atomic mass is 10.0. The van der Waals surface area contributed by atoms with Crippen LogP contribution in [0.5, 0.6) is 5.75 Å². The Bertz CT molecular complexity index is 419. The van der Waals surface area contributed by atoms with Gasteiger partial charge in [0, 0.05) is 5.69 Å². The van der Waals surface area contributed by atoms with E-state index in [2.05, 4.69) is 5.32 Å². The number of aliphatic hydroxyl groups excluding tert-OH is 1. The smallest absolute Gasteiger partial charge is 0.253 e. The lowest BCUT2D eigenvalue weighted by molar-refractivity contribution is 0.0897. The molecule has 0 saturated heterocycles. The van der Waals surface area contributed by atoms with Gasteiger partial charge >= 0.3 is 0 Å². The summed E-state index contributed by atoms with van der Waals surface area (Å²) in [6, 6.07) is 4.61. The van der Waals surface area contributed by atoms with Crippen molar-refractivity contribution < 1.29 is 14.6 Å². The number of aliphatic hydroxyl groups is 1. The Morgan fingerprint density at radius 3 is 2.67 bits per heavy atom. The van der Waals surface area contributed by atoms with Gasteiger partial charge in [-0.1, -0.05) is 13.8 Å². The molecule has 0 aliphatic rings. The third-order valence-corrected chi connectivity index (χ3v) is 2.82. The second-order valence-corrected chi connectivity index (χ2v) is 4.46. The first kappa shape index (κ1) is 14.3. The molecule has 0 radical (unpaired) electrons. The minimum absolute atomic E-state index is 0.104. The van der Waals surface area contributed by atoms with Crippen molar-refractivity contribution >= 4 is 11.6 Å². The van der Waals surface area contributed by atoms with Gasteiger partial charge in [0.05, 0.1) is 25.3 Å². The van der Waals surface area contributed by atoms with Crippen molar-refractivity contribution in [1.82, 2.24) is 5.32 Å². The molecular formula is C13H20N2O3. The van der Waals surface area contributed by atoms with E-state index in [-0.39, 0.29) is 24.5 Å². The standard InChI is InChI=1S/C13H20N2O3/c1-8(2)12(7-16)15-13(17)10-6-9(18-3)4-5-11(10)14/h4-6,8,12,16H,7,14H2,1-3H3,(H,15,17). The van der Waals surface area contributed by atoms with E-state index in [4.69, 9.17) is 10.5 Å². The Hall–Kier alpha value is -1.75. The quantitative estimate of drug-likeness (QED) is 0.683. The molecule has 1 rings (SSSR count). The maximum Gasteiger partial charge on any atom is 0.253 e. The van der Waals surface area contributed by atoms with Crippen molar-refractivity contribution in [3.63, 3.8) is 0 Å². The number of amides is 1. The molecule has 100 valence electrons. The molecule has 1 aromatic carbocycles. The molecule has 4 N–H and O–H groups in total. The van der Waals surface area contributed by atoms with E-state index >= 15 is 0 Å². The Morgan fingerprint density at radius 1 is 1.50 bits per heavy atom. The average molecular weight is 252 g/mol. The van der Waals surface area contributed by atoms with Gasteiger partial charge in [-0.25, -0.2) is 0 Å². The van der Waals surface area contributed by atoms with E-state index < -0.39 is 0 Å². The molecule has 18 heavy (non-hydrogen) atoms. The predicted molar refractivity (Wildman–Crippen MR) is 70.6 cm³/mol. The minimum Gasteiger partial charge on any atom is -0.497 e. The molecule has 0 aliphatic heterocycles. The van der Waals surface area contributed by atoms with E-state index in [0.29, 0.717) is 17.0 Å². The number of nitrogens with two attached hydrogens (primary N) is 1. The zero-order valence-corrected chi connectivity index (χ0v) is 10.9. The molecule has 1 amide bonds. The Balaban J connectivity index is 2.89. The van der Waals surface area contributed by atoms with Crippen molar-refractivity contribution in [3.8, 4) is 5.75 Å². The van der Waals surface area contributed by atoms with Gasteiger partial charge in [-0.2, -0.15) is 0 Å². The number of nitrogens with one attached hydrogen (secondary N) is 1. The monoisotopic (exact) mass is 252 g/mol. The van der Waals surface area contributed by atoms with Crippen LogP contribution in [0, 0.1) is 5.92 Å². The molecule has 0 heterocycles. The third-order valence-electron chi connectivity index (χ3n) is 2.82. The van der Waals surface area contributed by atoms with Crippen LogP contribution in [-0.4, -0.2) is 30.8 Å². The number of hydrogen-bond donors (Lipinski definition) is 3. The SMILES string of the molecule is COc1ccc(N)c(C(=O)NC(CO)C(C)C)c1. The highest BCUT2D eigenvalue weighted by Gasteiger charge is 2.18. The van der Waals surface area contributed by atoms with Gasteiger partial charge in [-0.15, -0.1) is 0 Å². The molecule has 0 aliphatic carbocycles. The molecule has 0 aromatic heterocycles. The number of carbonyl (C=O) groups excluding carboxylic acids is 1. The summed E-state index contributed by atoms with van der Waals surface area (Å²) < 4.78 is 5.05. The van der Waals surface area contributed by atoms with Crippen LogP contribution in [0.3, 0.4) is 0 Å². The molecule has 5 nitrogen and oxygen atoms in total. The van der Waals surface area contributed by atoms with Gasteiger partial charge in [0.1, 0.15) is 5.75 Å². The highest BCUT2D eigenvalue weighted by atomic mass is 16.5. The van der Waals surface area contributed by atoms with Crippen LogP contribution in [-0.2, 0) is 0 Å².